The maximum atomic E-state index is 13.0. The zero-order valence-electron chi connectivity index (χ0n) is 53.3. The van der Waals surface area contributed by atoms with Crippen LogP contribution in [0.2, 0.25) is 0 Å². The third-order valence-electron chi connectivity index (χ3n) is 14.7. The Morgan fingerprint density at radius 2 is 0.481 bits per heavy atom. The van der Waals surface area contributed by atoms with Crippen LogP contribution in [0.15, 0.2) is 109 Å². The highest BCUT2D eigenvalue weighted by atomic mass is 16.6. The molecule has 0 saturated carbocycles. The Labute approximate surface area is 501 Å². The van der Waals surface area contributed by atoms with Gasteiger partial charge < -0.3 is 14.2 Å². The summed E-state index contributed by atoms with van der Waals surface area (Å²) >= 11 is 0. The molecular formula is C75H128O6. The van der Waals surface area contributed by atoms with E-state index in [1.165, 1.54) is 173 Å². The molecule has 1 atom stereocenters. The lowest BCUT2D eigenvalue weighted by atomic mass is 10.0. The van der Waals surface area contributed by atoms with Gasteiger partial charge in [-0.05, 0) is 122 Å². The van der Waals surface area contributed by atoms with Crippen molar-refractivity contribution in [1.29, 1.82) is 0 Å². The van der Waals surface area contributed by atoms with Crippen molar-refractivity contribution >= 4 is 17.9 Å². The van der Waals surface area contributed by atoms with Crippen LogP contribution in [0.1, 0.15) is 329 Å². The minimum atomic E-state index is -0.791. The SMILES string of the molecule is CC/C=C\C/C=C\C/C=C\C/C=C\CCCCCCCCCCCCC(=O)OCC(COC(=O)CCCCCCCC/C=C\C/C=C\C/C=C\C/C=C\CC)OC(=O)CCCCCCCCCCC/C=C\CCCCCCCCCC. The molecule has 0 aromatic heterocycles. The summed E-state index contributed by atoms with van der Waals surface area (Å²) in [5.74, 6) is -0.893. The average molecular weight is 1130 g/mol. The van der Waals surface area contributed by atoms with Gasteiger partial charge in [-0.25, -0.2) is 0 Å². The summed E-state index contributed by atoms with van der Waals surface area (Å²) in [6.45, 7) is 6.44. The average Bonchev–Trinajstić information content (AvgIpc) is 3.47. The highest BCUT2D eigenvalue weighted by molar-refractivity contribution is 5.71. The zero-order valence-corrected chi connectivity index (χ0v) is 53.3. The maximum Gasteiger partial charge on any atom is 0.306 e. The van der Waals surface area contributed by atoms with Gasteiger partial charge in [0.05, 0.1) is 0 Å². The van der Waals surface area contributed by atoms with Gasteiger partial charge >= 0.3 is 17.9 Å². The first-order valence-corrected chi connectivity index (χ1v) is 34.4. The number of allylic oxidation sites excluding steroid dienone is 18. The second kappa shape index (κ2) is 68.6. The van der Waals surface area contributed by atoms with E-state index in [9.17, 15) is 14.4 Å². The van der Waals surface area contributed by atoms with E-state index in [0.717, 1.165) is 116 Å². The zero-order chi connectivity index (χ0) is 58.5. The molecule has 1 unspecified atom stereocenters. The van der Waals surface area contributed by atoms with Gasteiger partial charge in [-0.3, -0.25) is 14.4 Å². The second-order valence-electron chi connectivity index (χ2n) is 22.7. The molecule has 0 rings (SSSR count). The first kappa shape index (κ1) is 77.1. The van der Waals surface area contributed by atoms with Crippen molar-refractivity contribution in [3.8, 4) is 0 Å². The highest BCUT2D eigenvalue weighted by Crippen LogP contribution is 2.17. The smallest absolute Gasteiger partial charge is 0.306 e. The summed E-state index contributed by atoms with van der Waals surface area (Å²) in [6.07, 6.45) is 93.8. The molecule has 0 N–H and O–H groups in total. The first-order chi connectivity index (χ1) is 40.0. The van der Waals surface area contributed by atoms with Crippen LogP contribution in [-0.2, 0) is 28.6 Å². The van der Waals surface area contributed by atoms with Gasteiger partial charge in [-0.1, -0.05) is 297 Å². The Morgan fingerprint density at radius 3 is 0.765 bits per heavy atom. The van der Waals surface area contributed by atoms with Crippen molar-refractivity contribution in [2.45, 2.75) is 335 Å². The fraction of sp³-hybridized carbons (Fsp3) is 0.720. The van der Waals surface area contributed by atoms with Gasteiger partial charge in [0.2, 0.25) is 0 Å². The van der Waals surface area contributed by atoms with Crippen molar-refractivity contribution in [3.63, 3.8) is 0 Å². The number of ether oxygens (including phenoxy) is 3. The third-order valence-corrected chi connectivity index (χ3v) is 14.7. The summed E-state index contributed by atoms with van der Waals surface area (Å²) in [7, 11) is 0. The van der Waals surface area contributed by atoms with E-state index in [1.807, 2.05) is 0 Å². The Morgan fingerprint density at radius 1 is 0.259 bits per heavy atom. The van der Waals surface area contributed by atoms with Crippen molar-refractivity contribution in [3.05, 3.63) is 109 Å². The molecule has 81 heavy (non-hydrogen) atoms. The van der Waals surface area contributed by atoms with Crippen LogP contribution < -0.4 is 0 Å². The molecule has 0 heterocycles. The fourth-order valence-electron chi connectivity index (χ4n) is 9.66. The first-order valence-electron chi connectivity index (χ1n) is 34.4. The molecule has 464 valence electrons. The number of hydrogen-bond donors (Lipinski definition) is 0. The van der Waals surface area contributed by atoms with Crippen molar-refractivity contribution < 1.29 is 28.6 Å². The van der Waals surface area contributed by atoms with E-state index in [0.29, 0.717) is 19.3 Å². The van der Waals surface area contributed by atoms with E-state index in [1.54, 1.807) is 0 Å². The molecule has 6 heteroatoms. The number of esters is 3. The lowest BCUT2D eigenvalue weighted by Crippen LogP contribution is -2.30. The summed E-state index contributed by atoms with van der Waals surface area (Å²) in [4.78, 5) is 38.5. The van der Waals surface area contributed by atoms with E-state index in [4.69, 9.17) is 14.2 Å². The molecule has 0 aromatic carbocycles. The Balaban J connectivity index is 4.40. The van der Waals surface area contributed by atoms with Crippen LogP contribution in [0, 0.1) is 0 Å². The standard InChI is InChI=1S/C75H128O6/c1-4-7-10-13-16-19-22-25-28-31-34-36-37-39-41-44-47-50-53-56-59-62-65-68-74(77)80-71-72(70-79-73(76)67-64-61-58-55-52-49-46-43-40-33-30-27-24-21-18-15-12-9-6-3)81-75(78)69-66-63-60-57-54-51-48-45-42-38-35-32-29-26-23-20-17-14-11-8-5-2/h7,9-10,12,16,18-19,21,25,27-28,30,32,34-36,40,43,72H,4-6,8,11,13-15,17,20,22-24,26,29,31,33,37-39,41-42,44-71H2,1-3H3/b10-7-,12-9-,19-16-,21-18-,28-25-,30-27-,35-32-,36-34-,43-40-. The van der Waals surface area contributed by atoms with Gasteiger partial charge in [0, 0.05) is 19.3 Å². The van der Waals surface area contributed by atoms with Gasteiger partial charge in [-0.2, -0.15) is 0 Å². The second-order valence-corrected chi connectivity index (χ2v) is 22.7. The maximum absolute atomic E-state index is 13.0. The summed E-state index contributed by atoms with van der Waals surface area (Å²) in [5, 5.41) is 0. The molecule has 0 aliphatic heterocycles. The molecule has 0 aliphatic carbocycles. The fourth-order valence-corrected chi connectivity index (χ4v) is 9.66. The van der Waals surface area contributed by atoms with Crippen LogP contribution in [0.5, 0.6) is 0 Å². The molecule has 0 radical (unpaired) electrons. The summed E-state index contributed by atoms with van der Waals surface area (Å²) < 4.78 is 17.0. The summed E-state index contributed by atoms with van der Waals surface area (Å²) in [5.41, 5.74) is 0. The lowest BCUT2D eigenvalue weighted by Gasteiger charge is -2.18. The number of carbonyl (C=O) groups excluding carboxylic acids is 3. The minimum absolute atomic E-state index is 0.0855. The van der Waals surface area contributed by atoms with Crippen molar-refractivity contribution in [2.75, 3.05) is 13.2 Å². The minimum Gasteiger partial charge on any atom is -0.462 e. The van der Waals surface area contributed by atoms with Gasteiger partial charge in [0.15, 0.2) is 6.10 Å². The predicted molar refractivity (Wildman–Crippen MR) is 353 cm³/mol. The van der Waals surface area contributed by atoms with Crippen LogP contribution in [0.3, 0.4) is 0 Å². The number of carbonyl (C=O) groups is 3. The Kier molecular flexibility index (Phi) is 65.2. The Hall–Kier alpha value is -3.93. The van der Waals surface area contributed by atoms with Gasteiger partial charge in [-0.15, -0.1) is 0 Å². The van der Waals surface area contributed by atoms with Crippen LogP contribution >= 0.6 is 0 Å². The van der Waals surface area contributed by atoms with Crippen LogP contribution in [0.4, 0.5) is 0 Å². The number of hydrogen-bond acceptors (Lipinski definition) is 6. The highest BCUT2D eigenvalue weighted by Gasteiger charge is 2.19. The summed E-state index contributed by atoms with van der Waals surface area (Å²) in [6, 6.07) is 0. The van der Waals surface area contributed by atoms with E-state index in [-0.39, 0.29) is 31.1 Å². The molecule has 0 fully saturated rings. The van der Waals surface area contributed by atoms with Crippen molar-refractivity contribution in [1.82, 2.24) is 0 Å². The monoisotopic (exact) mass is 1120 g/mol. The van der Waals surface area contributed by atoms with Crippen LogP contribution in [0.25, 0.3) is 0 Å². The molecule has 0 amide bonds. The van der Waals surface area contributed by atoms with Crippen molar-refractivity contribution in [2.24, 2.45) is 0 Å². The van der Waals surface area contributed by atoms with E-state index < -0.39 is 6.10 Å². The predicted octanol–water partition coefficient (Wildman–Crippen LogP) is 23.8. The topological polar surface area (TPSA) is 78.9 Å². The third kappa shape index (κ3) is 66.8. The van der Waals surface area contributed by atoms with Crippen LogP contribution in [-0.4, -0.2) is 37.2 Å². The largest absolute Gasteiger partial charge is 0.462 e. The van der Waals surface area contributed by atoms with E-state index >= 15 is 0 Å². The molecule has 0 bridgehead atoms. The molecule has 0 spiro atoms. The quantitative estimate of drug-likeness (QED) is 0.0261. The normalized spacial score (nSPS) is 12.8. The molecule has 0 saturated heterocycles. The molecule has 0 aliphatic rings. The van der Waals surface area contributed by atoms with E-state index in [2.05, 4.69) is 130 Å². The molecule has 6 nitrogen and oxygen atoms in total. The molecule has 0 aromatic rings. The Bertz CT molecular complexity index is 1620. The number of rotatable bonds is 62. The molecular weight excluding hydrogens is 997 g/mol. The van der Waals surface area contributed by atoms with Gasteiger partial charge in [0.25, 0.3) is 0 Å². The number of unbranched alkanes of at least 4 members (excludes halogenated alkanes) is 33. The lowest BCUT2D eigenvalue weighted by molar-refractivity contribution is -0.167. The van der Waals surface area contributed by atoms with Gasteiger partial charge in [0.1, 0.15) is 13.2 Å².